The molecule has 15 heavy (non-hydrogen) atoms. The topological polar surface area (TPSA) is 37.3 Å². The molecule has 0 saturated heterocycles. The summed E-state index contributed by atoms with van der Waals surface area (Å²) in [5, 5.41) is 8.48. The van der Waals surface area contributed by atoms with Crippen molar-refractivity contribution in [3.05, 3.63) is 45.4 Å². The number of hydrogen-bond donors (Lipinski definition) is 1. The number of carbonyl (C=O) groups is 1. The van der Waals surface area contributed by atoms with Crippen LogP contribution in [0.3, 0.4) is 0 Å². The number of benzene rings is 1. The zero-order valence-electron chi connectivity index (χ0n) is 8.75. The number of rotatable bonds is 3. The lowest BCUT2D eigenvalue weighted by Crippen LogP contribution is -1.93. The fourth-order valence-electron chi connectivity index (χ4n) is 1.54. The van der Waals surface area contributed by atoms with Crippen molar-refractivity contribution in [3.8, 4) is 0 Å². The first-order valence-corrected chi connectivity index (χ1v) is 5.45. The molecule has 0 fully saturated rings. The molecule has 1 aromatic carbocycles. The summed E-state index contributed by atoms with van der Waals surface area (Å²) in [5.41, 5.74) is 3.55. The van der Waals surface area contributed by atoms with E-state index in [-0.39, 0.29) is 0 Å². The largest absolute Gasteiger partial charge is 0.478 e. The molecule has 0 atom stereocenters. The first-order valence-electron chi connectivity index (χ1n) is 4.66. The third-order valence-corrected chi connectivity index (χ3v) is 2.70. The van der Waals surface area contributed by atoms with Gasteiger partial charge in [-0.2, -0.15) is 0 Å². The van der Waals surface area contributed by atoms with E-state index in [1.165, 1.54) is 22.8 Å². The summed E-state index contributed by atoms with van der Waals surface area (Å²) >= 11 is 3.43. The second kappa shape index (κ2) is 5.12. The van der Waals surface area contributed by atoms with Gasteiger partial charge in [-0.3, -0.25) is 0 Å². The molecule has 1 rings (SSSR count). The van der Waals surface area contributed by atoms with E-state index in [2.05, 4.69) is 15.9 Å². The highest BCUT2D eigenvalue weighted by molar-refractivity contribution is 9.10. The molecule has 0 aliphatic rings. The monoisotopic (exact) mass is 268 g/mol. The van der Waals surface area contributed by atoms with Crippen LogP contribution in [-0.2, 0) is 11.2 Å². The van der Waals surface area contributed by atoms with Crippen LogP contribution in [-0.4, -0.2) is 11.1 Å². The van der Waals surface area contributed by atoms with E-state index in [1.807, 2.05) is 26.0 Å². The summed E-state index contributed by atoms with van der Waals surface area (Å²) in [7, 11) is 0. The average molecular weight is 269 g/mol. The highest BCUT2D eigenvalue weighted by Crippen LogP contribution is 2.21. The molecule has 80 valence electrons. The van der Waals surface area contributed by atoms with Crippen LogP contribution in [0.1, 0.15) is 16.7 Å². The van der Waals surface area contributed by atoms with Crippen molar-refractivity contribution in [2.75, 3.05) is 0 Å². The van der Waals surface area contributed by atoms with Crippen molar-refractivity contribution in [2.24, 2.45) is 0 Å². The maximum Gasteiger partial charge on any atom is 0.327 e. The van der Waals surface area contributed by atoms with Crippen LogP contribution < -0.4 is 0 Å². The number of carboxylic acids is 1. The quantitative estimate of drug-likeness (QED) is 0.855. The summed E-state index contributed by atoms with van der Waals surface area (Å²) in [4.78, 5) is 10.3. The second-order valence-electron chi connectivity index (χ2n) is 3.46. The fourth-order valence-corrected chi connectivity index (χ4v) is 2.23. The van der Waals surface area contributed by atoms with Crippen molar-refractivity contribution in [1.29, 1.82) is 0 Å². The summed E-state index contributed by atoms with van der Waals surface area (Å²) in [6.07, 6.45) is 3.52. The summed E-state index contributed by atoms with van der Waals surface area (Å²) < 4.78 is 1.06. The molecule has 0 heterocycles. The molecule has 0 spiro atoms. The molecule has 1 aromatic rings. The molecule has 2 nitrogen and oxygen atoms in total. The molecule has 0 radical (unpaired) electrons. The predicted octanol–water partition coefficient (Wildman–Crippen LogP) is 3.25. The third kappa shape index (κ3) is 3.51. The van der Waals surface area contributed by atoms with Crippen molar-refractivity contribution in [1.82, 2.24) is 0 Å². The van der Waals surface area contributed by atoms with Gasteiger partial charge >= 0.3 is 5.97 Å². The number of carboxylic acid groups (broad SMARTS) is 1. The Labute approximate surface area is 97.8 Å². The van der Waals surface area contributed by atoms with Crippen LogP contribution in [0.4, 0.5) is 0 Å². The Morgan fingerprint density at radius 1 is 1.40 bits per heavy atom. The standard InChI is InChI=1S/C12H13BrO2/c1-8-6-10(13)7-9(2)11(8)4-3-5-12(14)15/h3,5-7H,4H2,1-2H3,(H,14,15). The van der Waals surface area contributed by atoms with Gasteiger partial charge in [0.15, 0.2) is 0 Å². The Kier molecular flexibility index (Phi) is 4.09. The van der Waals surface area contributed by atoms with E-state index in [0.717, 1.165) is 4.47 Å². The molecule has 0 aliphatic carbocycles. The van der Waals surface area contributed by atoms with Gasteiger partial charge in [0, 0.05) is 10.5 Å². The predicted molar refractivity (Wildman–Crippen MR) is 64.1 cm³/mol. The maximum absolute atomic E-state index is 10.3. The second-order valence-corrected chi connectivity index (χ2v) is 4.38. The van der Waals surface area contributed by atoms with Crippen molar-refractivity contribution >= 4 is 21.9 Å². The van der Waals surface area contributed by atoms with E-state index in [1.54, 1.807) is 6.08 Å². The average Bonchev–Trinajstić information content (AvgIpc) is 2.08. The molecular formula is C12H13BrO2. The smallest absolute Gasteiger partial charge is 0.327 e. The van der Waals surface area contributed by atoms with Crippen molar-refractivity contribution in [3.63, 3.8) is 0 Å². The van der Waals surface area contributed by atoms with Gasteiger partial charge in [0.05, 0.1) is 0 Å². The number of allylic oxidation sites excluding steroid dienone is 1. The molecule has 0 amide bonds. The molecule has 1 N–H and O–H groups in total. The normalized spacial score (nSPS) is 10.9. The number of aryl methyl sites for hydroxylation is 2. The van der Waals surface area contributed by atoms with Gasteiger partial charge in [-0.25, -0.2) is 4.79 Å². The van der Waals surface area contributed by atoms with E-state index < -0.39 is 5.97 Å². The molecule has 3 heteroatoms. The van der Waals surface area contributed by atoms with Gasteiger partial charge in [-0.1, -0.05) is 22.0 Å². The highest BCUT2D eigenvalue weighted by Gasteiger charge is 2.02. The highest BCUT2D eigenvalue weighted by atomic mass is 79.9. The van der Waals surface area contributed by atoms with Crippen LogP contribution in [0.2, 0.25) is 0 Å². The summed E-state index contributed by atoms with van der Waals surface area (Å²) in [6.45, 7) is 4.06. The zero-order chi connectivity index (χ0) is 11.4. The lowest BCUT2D eigenvalue weighted by atomic mass is 10.00. The van der Waals surface area contributed by atoms with Crippen molar-refractivity contribution < 1.29 is 9.90 Å². The minimum atomic E-state index is -0.901. The van der Waals surface area contributed by atoms with Gasteiger partial charge < -0.3 is 5.11 Å². The molecule has 0 aromatic heterocycles. The van der Waals surface area contributed by atoms with E-state index in [0.29, 0.717) is 6.42 Å². The number of aliphatic carboxylic acids is 1. The summed E-state index contributed by atoms with van der Waals surface area (Å²) in [5.74, 6) is -0.901. The Morgan fingerprint density at radius 2 is 1.93 bits per heavy atom. The van der Waals surface area contributed by atoms with E-state index in [9.17, 15) is 4.79 Å². The number of halogens is 1. The Morgan fingerprint density at radius 3 is 2.40 bits per heavy atom. The lowest BCUT2D eigenvalue weighted by Gasteiger charge is -2.08. The maximum atomic E-state index is 10.3. The molecular weight excluding hydrogens is 256 g/mol. The van der Waals surface area contributed by atoms with Gasteiger partial charge in [0.2, 0.25) is 0 Å². The minimum Gasteiger partial charge on any atom is -0.478 e. The number of hydrogen-bond acceptors (Lipinski definition) is 1. The molecule has 0 aliphatic heterocycles. The fraction of sp³-hybridized carbons (Fsp3) is 0.250. The van der Waals surface area contributed by atoms with Crippen LogP contribution >= 0.6 is 15.9 Å². The van der Waals surface area contributed by atoms with Crippen molar-refractivity contribution in [2.45, 2.75) is 20.3 Å². The molecule has 0 unspecified atom stereocenters. The third-order valence-electron chi connectivity index (χ3n) is 2.24. The Hall–Kier alpha value is -1.09. The van der Waals surface area contributed by atoms with E-state index in [4.69, 9.17) is 5.11 Å². The van der Waals surface area contributed by atoms with E-state index >= 15 is 0 Å². The first kappa shape index (κ1) is 12.0. The van der Waals surface area contributed by atoms with Gasteiger partial charge in [-0.05, 0) is 49.1 Å². The van der Waals surface area contributed by atoms with Gasteiger partial charge in [0.25, 0.3) is 0 Å². The molecule has 0 bridgehead atoms. The van der Waals surface area contributed by atoms with Gasteiger partial charge in [-0.15, -0.1) is 0 Å². The molecule has 0 saturated carbocycles. The van der Waals surface area contributed by atoms with Crippen LogP contribution in [0.5, 0.6) is 0 Å². The van der Waals surface area contributed by atoms with Crippen LogP contribution in [0, 0.1) is 13.8 Å². The Bertz CT molecular complexity index is 385. The zero-order valence-corrected chi connectivity index (χ0v) is 10.3. The lowest BCUT2D eigenvalue weighted by molar-refractivity contribution is -0.131. The van der Waals surface area contributed by atoms with Crippen LogP contribution in [0.25, 0.3) is 0 Å². The minimum absolute atomic E-state index is 0.664. The van der Waals surface area contributed by atoms with Gasteiger partial charge in [0.1, 0.15) is 0 Å². The van der Waals surface area contributed by atoms with Crippen LogP contribution in [0.15, 0.2) is 28.8 Å². The first-order chi connectivity index (χ1) is 7.00. The summed E-state index contributed by atoms with van der Waals surface area (Å²) in [6, 6.07) is 4.08. The Balaban J connectivity index is 2.90. The SMILES string of the molecule is Cc1cc(Br)cc(C)c1CC=CC(=O)O.